The summed E-state index contributed by atoms with van der Waals surface area (Å²) < 4.78 is 0. The van der Waals surface area contributed by atoms with Crippen molar-refractivity contribution in [2.24, 2.45) is 10.7 Å². The van der Waals surface area contributed by atoms with Crippen LogP contribution in [0.15, 0.2) is 88.5 Å². The molecule has 0 saturated heterocycles. The van der Waals surface area contributed by atoms with Crippen LogP contribution in [0.5, 0.6) is 0 Å². The smallest absolute Gasteiger partial charge is 0.272 e. The summed E-state index contributed by atoms with van der Waals surface area (Å²) in [5.41, 5.74) is 9.95. The van der Waals surface area contributed by atoms with Crippen LogP contribution < -0.4 is 16.0 Å². The number of benzene rings is 3. The normalized spacial score (nSPS) is 15.6. The molecule has 3 aromatic carbocycles. The second-order valence-corrected chi connectivity index (χ2v) is 10.9. The van der Waals surface area contributed by atoms with Crippen LogP contribution in [-0.2, 0) is 16.0 Å². The number of nitrogens with two attached hydrogens (primary N) is 1. The molecule has 0 fully saturated rings. The molecular weight excluding hydrogens is 567 g/mol. The van der Waals surface area contributed by atoms with E-state index in [-0.39, 0.29) is 11.8 Å². The predicted octanol–water partition coefficient (Wildman–Crippen LogP) is 5.44. The highest BCUT2D eigenvalue weighted by Crippen LogP contribution is 2.30. The molecule has 202 valence electrons. The Morgan fingerprint density at radius 2 is 1.80 bits per heavy atom. The first kappa shape index (κ1) is 27.6. The zero-order valence-corrected chi connectivity index (χ0v) is 23.6. The molecule has 4 aromatic rings. The van der Waals surface area contributed by atoms with Crippen molar-refractivity contribution in [1.82, 2.24) is 5.32 Å². The number of hydrogen-bond acceptors (Lipinski definition) is 5. The van der Waals surface area contributed by atoms with Crippen molar-refractivity contribution in [2.75, 3.05) is 11.9 Å². The van der Waals surface area contributed by atoms with Crippen LogP contribution in [0.3, 0.4) is 0 Å². The van der Waals surface area contributed by atoms with E-state index in [9.17, 15) is 14.4 Å². The van der Waals surface area contributed by atoms with E-state index in [1.165, 1.54) is 16.2 Å². The fraction of sp³-hybridized carbons (Fsp3) is 0.133. The molecule has 2 unspecified atom stereocenters. The minimum absolute atomic E-state index is 0.349. The Bertz CT molecular complexity index is 1620. The number of hydrogen-bond donors (Lipinski definition) is 2. The number of anilines is 1. The molecule has 5 rings (SSSR count). The van der Waals surface area contributed by atoms with Gasteiger partial charge in [-0.2, -0.15) is 11.3 Å². The number of carbonyl (C=O) groups excluding carboxylic acids is 3. The van der Waals surface area contributed by atoms with Crippen molar-refractivity contribution in [3.05, 3.63) is 121 Å². The Labute approximate surface area is 245 Å². The van der Waals surface area contributed by atoms with E-state index < -0.39 is 18.0 Å². The van der Waals surface area contributed by atoms with Gasteiger partial charge in [-0.3, -0.25) is 14.4 Å². The summed E-state index contributed by atoms with van der Waals surface area (Å²) in [6.45, 7) is 0. The molecule has 0 radical (unpaired) electrons. The highest BCUT2D eigenvalue weighted by atomic mass is 35.5. The number of amides is 3. The second-order valence-electron chi connectivity index (χ2n) is 9.31. The quantitative estimate of drug-likeness (QED) is 0.299. The zero-order chi connectivity index (χ0) is 28.4. The molecule has 3 N–H and O–H groups in total. The summed E-state index contributed by atoms with van der Waals surface area (Å²) >= 11 is 13.8. The van der Waals surface area contributed by atoms with E-state index in [4.69, 9.17) is 33.9 Å². The lowest BCUT2D eigenvalue weighted by Crippen LogP contribution is -2.47. The third kappa shape index (κ3) is 5.65. The van der Waals surface area contributed by atoms with Gasteiger partial charge >= 0.3 is 0 Å². The monoisotopic (exact) mass is 590 g/mol. The molecule has 7 nitrogen and oxygen atoms in total. The van der Waals surface area contributed by atoms with Crippen molar-refractivity contribution in [2.45, 2.75) is 18.5 Å². The van der Waals surface area contributed by atoms with Crippen molar-refractivity contribution in [1.29, 1.82) is 0 Å². The molecule has 0 aliphatic carbocycles. The van der Waals surface area contributed by atoms with Gasteiger partial charge in [0.05, 0.1) is 27.4 Å². The third-order valence-corrected chi connectivity index (χ3v) is 8.19. The van der Waals surface area contributed by atoms with E-state index in [1.54, 1.807) is 43.4 Å². The van der Waals surface area contributed by atoms with Gasteiger partial charge in [-0.05, 0) is 64.7 Å². The maximum absolute atomic E-state index is 13.8. The second kappa shape index (κ2) is 11.6. The molecule has 2 atom stereocenters. The standard InChI is InChI=1S/C30H24Cl2N4O3S/c1-36-25-5-3-2-4-21(25)26(18-7-9-19(10-8-18)27(33)37)34-28(30(36)39)35-29(38)22(20-12-13-40-16-20)14-17-6-11-23(31)24(32)15-17/h2-13,15-16,22,28H,14H2,1H3,(H2,33,37)(H,35,38). The average molecular weight is 592 g/mol. The van der Waals surface area contributed by atoms with Crippen molar-refractivity contribution in [3.63, 3.8) is 0 Å². The van der Waals surface area contributed by atoms with Gasteiger partial charge in [0.25, 0.3) is 5.91 Å². The zero-order valence-electron chi connectivity index (χ0n) is 21.3. The number of nitrogens with one attached hydrogen (secondary N) is 1. The first-order valence-corrected chi connectivity index (χ1v) is 14.0. The Morgan fingerprint density at radius 3 is 2.48 bits per heavy atom. The Balaban J connectivity index is 1.52. The van der Waals surface area contributed by atoms with E-state index in [1.807, 2.05) is 47.2 Å². The number of rotatable bonds is 7. The molecule has 2 heterocycles. The summed E-state index contributed by atoms with van der Waals surface area (Å²) in [4.78, 5) is 45.3. The highest BCUT2D eigenvalue weighted by Gasteiger charge is 2.33. The van der Waals surface area contributed by atoms with Crippen LogP contribution >= 0.6 is 34.5 Å². The molecule has 1 aromatic heterocycles. The molecule has 1 aliphatic heterocycles. The lowest BCUT2D eigenvalue weighted by atomic mass is 9.93. The largest absolute Gasteiger partial charge is 0.366 e. The Hall–Kier alpha value is -3.98. The van der Waals surface area contributed by atoms with E-state index in [0.29, 0.717) is 44.6 Å². The molecule has 0 spiro atoms. The van der Waals surface area contributed by atoms with Gasteiger partial charge in [0, 0.05) is 23.7 Å². The fourth-order valence-corrected chi connectivity index (χ4v) is 5.65. The van der Waals surface area contributed by atoms with Crippen molar-refractivity contribution in [3.8, 4) is 0 Å². The molecule has 3 amide bonds. The molecule has 40 heavy (non-hydrogen) atoms. The summed E-state index contributed by atoms with van der Waals surface area (Å²) in [5, 5.41) is 7.53. The number of likely N-dealkylation sites (N-methyl/N-ethyl adjacent to an activating group) is 1. The van der Waals surface area contributed by atoms with E-state index in [0.717, 1.165) is 11.1 Å². The Morgan fingerprint density at radius 1 is 1.05 bits per heavy atom. The predicted molar refractivity (Wildman–Crippen MR) is 160 cm³/mol. The van der Waals surface area contributed by atoms with Crippen LogP contribution in [0.25, 0.3) is 0 Å². The summed E-state index contributed by atoms with van der Waals surface area (Å²) in [7, 11) is 1.65. The van der Waals surface area contributed by atoms with Gasteiger partial charge in [0.2, 0.25) is 18.0 Å². The van der Waals surface area contributed by atoms with Gasteiger partial charge < -0.3 is 16.0 Å². The van der Waals surface area contributed by atoms with Gasteiger partial charge in [-0.25, -0.2) is 4.99 Å². The number of para-hydroxylation sites is 1. The minimum Gasteiger partial charge on any atom is -0.366 e. The molecule has 0 saturated carbocycles. The number of fused-ring (bicyclic) bond motifs is 1. The number of aliphatic imine (C=N–C) groups is 1. The summed E-state index contributed by atoms with van der Waals surface area (Å²) in [6.07, 6.45) is -0.840. The first-order valence-electron chi connectivity index (χ1n) is 12.3. The maximum atomic E-state index is 13.8. The van der Waals surface area contributed by atoms with Crippen LogP contribution in [-0.4, -0.2) is 36.6 Å². The molecule has 0 bridgehead atoms. The lowest BCUT2D eigenvalue weighted by Gasteiger charge is -2.23. The SMILES string of the molecule is CN1C(=O)C(NC(=O)C(Cc2ccc(Cl)c(Cl)c2)c2ccsc2)N=C(c2ccc(C(N)=O)cc2)c2ccccc21. The van der Waals surface area contributed by atoms with E-state index in [2.05, 4.69) is 5.32 Å². The lowest BCUT2D eigenvalue weighted by molar-refractivity contribution is -0.128. The number of nitrogens with zero attached hydrogens (tertiary/aromatic N) is 2. The van der Waals surface area contributed by atoms with Crippen LogP contribution in [0.2, 0.25) is 10.0 Å². The van der Waals surface area contributed by atoms with E-state index >= 15 is 0 Å². The number of primary amides is 1. The average Bonchev–Trinajstić information content (AvgIpc) is 3.46. The first-order chi connectivity index (χ1) is 19.2. The number of halogens is 2. The third-order valence-electron chi connectivity index (χ3n) is 6.75. The van der Waals surface area contributed by atoms with Crippen LogP contribution in [0.4, 0.5) is 5.69 Å². The van der Waals surface area contributed by atoms with Gasteiger partial charge in [-0.1, -0.05) is 59.6 Å². The summed E-state index contributed by atoms with van der Waals surface area (Å²) in [6, 6.07) is 21.2. The molecule has 1 aliphatic rings. The molecule has 10 heteroatoms. The van der Waals surface area contributed by atoms with Crippen LogP contribution in [0.1, 0.15) is 38.5 Å². The topological polar surface area (TPSA) is 105 Å². The maximum Gasteiger partial charge on any atom is 0.272 e. The fourth-order valence-electron chi connectivity index (χ4n) is 4.61. The van der Waals surface area contributed by atoms with Gasteiger partial charge in [0.1, 0.15) is 0 Å². The molecular formula is C30H24Cl2N4O3S. The Kier molecular flexibility index (Phi) is 8.02. The number of carbonyl (C=O) groups is 3. The van der Waals surface area contributed by atoms with Gasteiger partial charge in [0.15, 0.2) is 0 Å². The van der Waals surface area contributed by atoms with Gasteiger partial charge in [-0.15, -0.1) is 0 Å². The van der Waals surface area contributed by atoms with Crippen molar-refractivity contribution < 1.29 is 14.4 Å². The van der Waals surface area contributed by atoms with Crippen LogP contribution in [0, 0.1) is 0 Å². The minimum atomic E-state index is -1.19. The highest BCUT2D eigenvalue weighted by molar-refractivity contribution is 7.08. The summed E-state index contributed by atoms with van der Waals surface area (Å²) in [5.74, 6) is -1.88. The number of thiophene rings is 1. The van der Waals surface area contributed by atoms with Crippen molar-refractivity contribution >= 4 is 63.7 Å². The number of benzodiazepines with no additional fused rings is 1.